The fourth-order valence-corrected chi connectivity index (χ4v) is 3.14. The van der Waals surface area contributed by atoms with Crippen LogP contribution in [0.1, 0.15) is 22.7 Å². The van der Waals surface area contributed by atoms with E-state index in [1.807, 2.05) is 25.2 Å². The molecule has 2 aromatic rings. The highest BCUT2D eigenvalue weighted by Gasteiger charge is 2.21. The minimum atomic E-state index is -0.272. The van der Waals surface area contributed by atoms with Gasteiger partial charge in [0.1, 0.15) is 5.82 Å². The largest absolute Gasteiger partial charge is 0.326 e. The summed E-state index contributed by atoms with van der Waals surface area (Å²) in [6, 6.07) is 10.3. The fraction of sp³-hybridized carbons (Fsp3) is 0.188. The Morgan fingerprint density at radius 2 is 2.10 bits per heavy atom. The summed E-state index contributed by atoms with van der Waals surface area (Å²) in [4.78, 5) is 11.4. The zero-order chi connectivity index (χ0) is 15.0. The number of carbonyl (C=O) groups excluding carboxylic acids is 1. The summed E-state index contributed by atoms with van der Waals surface area (Å²) in [5.41, 5.74) is 3.66. The van der Waals surface area contributed by atoms with Gasteiger partial charge in [-0.2, -0.15) is 0 Å². The van der Waals surface area contributed by atoms with Crippen LogP contribution >= 0.6 is 15.9 Å². The molecule has 0 saturated carbocycles. The molecule has 108 valence electrons. The smallest absolute Gasteiger partial charge is 0.228 e. The van der Waals surface area contributed by atoms with Crippen LogP contribution in [0.4, 0.5) is 10.1 Å². The topological polar surface area (TPSA) is 41.1 Å². The van der Waals surface area contributed by atoms with E-state index in [2.05, 4.69) is 26.6 Å². The quantitative estimate of drug-likeness (QED) is 0.892. The van der Waals surface area contributed by atoms with E-state index in [1.165, 1.54) is 12.1 Å². The van der Waals surface area contributed by atoms with Gasteiger partial charge in [0.05, 0.1) is 12.5 Å². The van der Waals surface area contributed by atoms with Gasteiger partial charge in [0.25, 0.3) is 0 Å². The van der Waals surface area contributed by atoms with Gasteiger partial charge in [0.2, 0.25) is 5.91 Å². The van der Waals surface area contributed by atoms with Crippen LogP contribution < -0.4 is 10.6 Å². The van der Waals surface area contributed by atoms with E-state index >= 15 is 0 Å². The molecule has 2 N–H and O–H groups in total. The Morgan fingerprint density at radius 3 is 2.86 bits per heavy atom. The van der Waals surface area contributed by atoms with Crippen molar-refractivity contribution in [3.63, 3.8) is 0 Å². The van der Waals surface area contributed by atoms with E-state index in [4.69, 9.17) is 0 Å². The zero-order valence-corrected chi connectivity index (χ0v) is 13.0. The van der Waals surface area contributed by atoms with Crippen LogP contribution in [0.5, 0.6) is 0 Å². The average molecular weight is 349 g/mol. The molecule has 0 saturated heterocycles. The number of anilines is 1. The number of nitrogens with one attached hydrogen (secondary N) is 2. The van der Waals surface area contributed by atoms with E-state index in [9.17, 15) is 9.18 Å². The van der Waals surface area contributed by atoms with Gasteiger partial charge < -0.3 is 10.6 Å². The van der Waals surface area contributed by atoms with E-state index in [-0.39, 0.29) is 17.8 Å². The second-order valence-corrected chi connectivity index (χ2v) is 5.88. The van der Waals surface area contributed by atoms with Crippen LogP contribution in [0.2, 0.25) is 0 Å². The van der Waals surface area contributed by atoms with Gasteiger partial charge in [0, 0.05) is 10.2 Å². The van der Waals surface area contributed by atoms with Crippen molar-refractivity contribution in [2.75, 3.05) is 12.4 Å². The molecule has 1 atom stereocenters. The maximum Gasteiger partial charge on any atom is 0.228 e. The van der Waals surface area contributed by atoms with Gasteiger partial charge in [-0.1, -0.05) is 28.1 Å². The third-order valence-corrected chi connectivity index (χ3v) is 4.37. The van der Waals surface area contributed by atoms with E-state index in [1.54, 1.807) is 6.07 Å². The molecule has 0 spiro atoms. The van der Waals surface area contributed by atoms with Gasteiger partial charge in [-0.05, 0) is 48.0 Å². The Labute approximate surface area is 130 Å². The number of halogens is 2. The lowest BCUT2D eigenvalue weighted by molar-refractivity contribution is -0.115. The Kier molecular flexibility index (Phi) is 3.78. The van der Waals surface area contributed by atoms with Crippen LogP contribution in [0.15, 0.2) is 40.9 Å². The third-order valence-electron chi connectivity index (χ3n) is 3.65. The summed E-state index contributed by atoms with van der Waals surface area (Å²) in [5.74, 6) is -0.262. The third kappa shape index (κ3) is 2.71. The normalized spacial score (nSPS) is 14.7. The number of amides is 1. The Hall–Kier alpha value is -1.72. The Balaban J connectivity index is 2.03. The summed E-state index contributed by atoms with van der Waals surface area (Å²) in [6.07, 6.45) is 0.393. The highest BCUT2D eigenvalue weighted by atomic mass is 79.9. The number of hydrogen-bond acceptors (Lipinski definition) is 2. The summed E-state index contributed by atoms with van der Waals surface area (Å²) in [5, 5.41) is 6.02. The molecule has 3 rings (SSSR count). The molecule has 1 unspecified atom stereocenters. The summed E-state index contributed by atoms with van der Waals surface area (Å²) < 4.78 is 14.4. The SMILES string of the molecule is CNC(c1ccc2c(c1)CC(=O)N2)c1cc(F)ccc1Br. The van der Waals surface area contributed by atoms with Gasteiger partial charge in [-0.25, -0.2) is 4.39 Å². The number of hydrogen-bond donors (Lipinski definition) is 2. The van der Waals surface area contributed by atoms with Crippen LogP contribution in [0.25, 0.3) is 0 Å². The van der Waals surface area contributed by atoms with Crippen LogP contribution in [0.3, 0.4) is 0 Å². The number of rotatable bonds is 3. The lowest BCUT2D eigenvalue weighted by atomic mass is 9.96. The first-order valence-electron chi connectivity index (χ1n) is 6.63. The molecular formula is C16H14BrFN2O. The minimum Gasteiger partial charge on any atom is -0.326 e. The molecule has 3 nitrogen and oxygen atoms in total. The fourth-order valence-electron chi connectivity index (χ4n) is 2.67. The van der Waals surface area contributed by atoms with Crippen molar-refractivity contribution in [3.05, 3.63) is 63.4 Å². The molecule has 0 bridgehead atoms. The first-order valence-corrected chi connectivity index (χ1v) is 7.42. The lowest BCUT2D eigenvalue weighted by Gasteiger charge is -2.19. The first kappa shape index (κ1) is 14.2. The van der Waals surface area contributed by atoms with Crippen molar-refractivity contribution in [3.8, 4) is 0 Å². The molecule has 21 heavy (non-hydrogen) atoms. The average Bonchev–Trinajstić information content (AvgIpc) is 2.83. The maximum absolute atomic E-state index is 13.5. The maximum atomic E-state index is 13.5. The Bertz CT molecular complexity index is 717. The molecule has 1 aliphatic heterocycles. The number of benzene rings is 2. The van der Waals surface area contributed by atoms with Crippen molar-refractivity contribution in [2.45, 2.75) is 12.5 Å². The van der Waals surface area contributed by atoms with E-state index in [0.717, 1.165) is 26.9 Å². The molecule has 1 aliphatic rings. The van der Waals surface area contributed by atoms with Gasteiger partial charge >= 0.3 is 0 Å². The molecule has 5 heteroatoms. The monoisotopic (exact) mass is 348 g/mol. The Morgan fingerprint density at radius 1 is 1.29 bits per heavy atom. The first-order chi connectivity index (χ1) is 10.1. The molecule has 1 heterocycles. The zero-order valence-electron chi connectivity index (χ0n) is 11.4. The summed E-state index contributed by atoms with van der Waals surface area (Å²) in [7, 11) is 1.83. The van der Waals surface area contributed by atoms with Crippen molar-refractivity contribution >= 4 is 27.5 Å². The molecule has 0 aromatic heterocycles. The van der Waals surface area contributed by atoms with Gasteiger partial charge in [-0.3, -0.25) is 4.79 Å². The molecule has 0 aliphatic carbocycles. The van der Waals surface area contributed by atoms with E-state index in [0.29, 0.717) is 6.42 Å². The lowest BCUT2D eigenvalue weighted by Crippen LogP contribution is -2.18. The highest BCUT2D eigenvalue weighted by Crippen LogP contribution is 2.32. The van der Waals surface area contributed by atoms with E-state index < -0.39 is 0 Å². The molecule has 0 fully saturated rings. The summed E-state index contributed by atoms with van der Waals surface area (Å²) >= 11 is 3.47. The molecule has 2 aromatic carbocycles. The number of carbonyl (C=O) groups is 1. The van der Waals surface area contributed by atoms with Crippen molar-refractivity contribution < 1.29 is 9.18 Å². The number of fused-ring (bicyclic) bond motifs is 1. The summed E-state index contributed by atoms with van der Waals surface area (Å²) in [6.45, 7) is 0. The van der Waals surface area contributed by atoms with Crippen molar-refractivity contribution in [1.82, 2.24) is 5.32 Å². The highest BCUT2D eigenvalue weighted by molar-refractivity contribution is 9.10. The molecule has 0 radical (unpaired) electrons. The second-order valence-electron chi connectivity index (χ2n) is 5.03. The van der Waals surface area contributed by atoms with Crippen LogP contribution in [0, 0.1) is 5.82 Å². The second kappa shape index (κ2) is 5.58. The standard InChI is InChI=1S/C16H14BrFN2O/c1-19-16(12-8-11(18)3-4-13(12)17)9-2-5-14-10(6-9)7-15(21)20-14/h2-6,8,16,19H,7H2,1H3,(H,20,21). The predicted octanol–water partition coefficient (Wildman–Crippen LogP) is 3.39. The minimum absolute atomic E-state index is 0.00935. The predicted molar refractivity (Wildman–Crippen MR) is 83.8 cm³/mol. The molecular weight excluding hydrogens is 335 g/mol. The van der Waals surface area contributed by atoms with Crippen LogP contribution in [-0.2, 0) is 11.2 Å². The van der Waals surface area contributed by atoms with Gasteiger partial charge in [-0.15, -0.1) is 0 Å². The van der Waals surface area contributed by atoms with Gasteiger partial charge in [0.15, 0.2) is 0 Å². The van der Waals surface area contributed by atoms with Crippen molar-refractivity contribution in [1.29, 1.82) is 0 Å². The molecule has 1 amide bonds. The van der Waals surface area contributed by atoms with Crippen molar-refractivity contribution in [2.24, 2.45) is 0 Å². The van der Waals surface area contributed by atoms with Crippen LogP contribution in [-0.4, -0.2) is 13.0 Å².